The molecule has 1 aromatic carbocycles. The first-order valence-corrected chi connectivity index (χ1v) is 8.59. The van der Waals surface area contributed by atoms with Crippen LogP contribution in [0, 0.1) is 11.7 Å². The minimum Gasteiger partial charge on any atom is -0.356 e. The zero-order valence-electron chi connectivity index (χ0n) is 12.2. The van der Waals surface area contributed by atoms with Crippen LogP contribution in [0.5, 0.6) is 0 Å². The molecule has 1 fully saturated rings. The highest BCUT2D eigenvalue weighted by molar-refractivity contribution is 7.99. The average Bonchev–Trinajstić information content (AvgIpc) is 2.50. The summed E-state index contributed by atoms with van der Waals surface area (Å²) in [7, 11) is 0. The van der Waals surface area contributed by atoms with Crippen molar-refractivity contribution in [3.63, 3.8) is 0 Å². The van der Waals surface area contributed by atoms with Crippen molar-refractivity contribution in [2.75, 3.05) is 25.4 Å². The van der Waals surface area contributed by atoms with Gasteiger partial charge in [-0.2, -0.15) is 0 Å². The topological polar surface area (TPSA) is 41.1 Å². The number of carbonyl (C=O) groups excluding carboxylic acids is 1. The van der Waals surface area contributed by atoms with Gasteiger partial charge in [0.2, 0.25) is 5.91 Å². The molecule has 3 nitrogen and oxygen atoms in total. The Balaban J connectivity index is 1.56. The number of carbonyl (C=O) groups is 1. The molecule has 1 saturated heterocycles. The molecule has 5 heteroatoms. The minimum absolute atomic E-state index is 0.0580. The number of rotatable bonds is 7. The van der Waals surface area contributed by atoms with Crippen LogP contribution in [0.15, 0.2) is 29.2 Å². The van der Waals surface area contributed by atoms with Gasteiger partial charge in [0, 0.05) is 23.6 Å². The zero-order chi connectivity index (χ0) is 14.9. The molecule has 0 bridgehead atoms. The molecule has 1 heterocycles. The van der Waals surface area contributed by atoms with E-state index in [0.717, 1.165) is 26.1 Å². The number of amides is 1. The van der Waals surface area contributed by atoms with Gasteiger partial charge >= 0.3 is 0 Å². The van der Waals surface area contributed by atoms with E-state index in [1.807, 2.05) is 6.07 Å². The second-order valence-corrected chi connectivity index (χ2v) is 6.52. The lowest BCUT2D eigenvalue weighted by Crippen LogP contribution is -2.33. The molecule has 1 unspecified atom stereocenters. The van der Waals surface area contributed by atoms with Gasteiger partial charge in [0.15, 0.2) is 0 Å². The fraction of sp³-hybridized carbons (Fsp3) is 0.562. The molecule has 1 amide bonds. The lowest BCUT2D eigenvalue weighted by atomic mass is 9.96. The number of benzene rings is 1. The Morgan fingerprint density at radius 2 is 2.29 bits per heavy atom. The van der Waals surface area contributed by atoms with Gasteiger partial charge in [-0.3, -0.25) is 4.79 Å². The Bertz CT molecular complexity index is 450. The molecule has 2 N–H and O–H groups in total. The van der Waals surface area contributed by atoms with E-state index in [1.165, 1.54) is 30.7 Å². The highest BCUT2D eigenvalue weighted by Crippen LogP contribution is 2.21. The third kappa shape index (κ3) is 6.06. The normalized spacial score (nSPS) is 18.4. The predicted octanol–water partition coefficient (Wildman–Crippen LogP) is 2.81. The maximum Gasteiger partial charge on any atom is 0.220 e. The average molecular weight is 310 g/mol. The monoisotopic (exact) mass is 310 g/mol. The molecular weight excluding hydrogens is 287 g/mol. The van der Waals surface area contributed by atoms with Gasteiger partial charge in [0.25, 0.3) is 0 Å². The molecule has 21 heavy (non-hydrogen) atoms. The van der Waals surface area contributed by atoms with Crippen LogP contribution in [0.1, 0.15) is 25.7 Å². The van der Waals surface area contributed by atoms with Gasteiger partial charge in [-0.1, -0.05) is 12.1 Å². The lowest BCUT2D eigenvalue weighted by Gasteiger charge is -2.22. The number of hydrogen-bond donors (Lipinski definition) is 2. The second kappa shape index (κ2) is 9.05. The van der Waals surface area contributed by atoms with Crippen molar-refractivity contribution in [1.29, 1.82) is 0 Å². The third-order valence-corrected chi connectivity index (χ3v) is 4.75. The first kappa shape index (κ1) is 16.3. The highest BCUT2D eigenvalue weighted by Gasteiger charge is 2.12. The fourth-order valence-electron chi connectivity index (χ4n) is 2.49. The van der Waals surface area contributed by atoms with E-state index >= 15 is 0 Å². The van der Waals surface area contributed by atoms with Crippen molar-refractivity contribution >= 4 is 17.7 Å². The molecule has 1 aromatic rings. The van der Waals surface area contributed by atoms with Crippen LogP contribution >= 0.6 is 11.8 Å². The Kier molecular flexibility index (Phi) is 7.03. The highest BCUT2D eigenvalue weighted by atomic mass is 32.2. The smallest absolute Gasteiger partial charge is 0.220 e. The van der Waals surface area contributed by atoms with E-state index < -0.39 is 0 Å². The summed E-state index contributed by atoms with van der Waals surface area (Å²) in [5.41, 5.74) is 0. The van der Waals surface area contributed by atoms with Crippen LogP contribution in [0.2, 0.25) is 0 Å². The number of thioether (sulfide) groups is 1. The van der Waals surface area contributed by atoms with E-state index in [1.54, 1.807) is 12.1 Å². The summed E-state index contributed by atoms with van der Waals surface area (Å²) in [6, 6.07) is 6.67. The largest absolute Gasteiger partial charge is 0.356 e. The van der Waals surface area contributed by atoms with Gasteiger partial charge in [-0.05, 0) is 50.4 Å². The molecule has 0 aromatic heterocycles. The molecular formula is C16H23FN2OS. The maximum absolute atomic E-state index is 13.4. The van der Waals surface area contributed by atoms with E-state index in [2.05, 4.69) is 10.6 Å². The Morgan fingerprint density at radius 1 is 1.43 bits per heavy atom. The van der Waals surface area contributed by atoms with Crippen LogP contribution in [0.25, 0.3) is 0 Å². The summed E-state index contributed by atoms with van der Waals surface area (Å²) < 4.78 is 13.4. The Hall–Kier alpha value is -1.07. The van der Waals surface area contributed by atoms with E-state index in [0.29, 0.717) is 23.0 Å². The summed E-state index contributed by atoms with van der Waals surface area (Å²) in [5, 5.41) is 6.34. The SMILES string of the molecule is O=C(CCSc1ccccc1F)NCCC1CCCNC1. The lowest BCUT2D eigenvalue weighted by molar-refractivity contribution is -0.120. The molecule has 0 saturated carbocycles. The van der Waals surface area contributed by atoms with Crippen molar-refractivity contribution in [3.8, 4) is 0 Å². The quantitative estimate of drug-likeness (QED) is 0.761. The molecule has 1 atom stereocenters. The van der Waals surface area contributed by atoms with Crippen molar-refractivity contribution in [2.24, 2.45) is 5.92 Å². The first-order chi connectivity index (χ1) is 10.3. The molecule has 0 radical (unpaired) electrons. The Morgan fingerprint density at radius 3 is 3.05 bits per heavy atom. The molecule has 2 rings (SSSR count). The van der Waals surface area contributed by atoms with Crippen LogP contribution in [0.3, 0.4) is 0 Å². The second-order valence-electron chi connectivity index (χ2n) is 5.38. The summed E-state index contributed by atoms with van der Waals surface area (Å²) in [4.78, 5) is 12.3. The molecule has 0 aliphatic carbocycles. The minimum atomic E-state index is -0.215. The van der Waals surface area contributed by atoms with E-state index in [-0.39, 0.29) is 11.7 Å². The molecule has 0 spiro atoms. The summed E-state index contributed by atoms with van der Waals surface area (Å²) in [6.07, 6.45) is 3.96. The summed E-state index contributed by atoms with van der Waals surface area (Å²) >= 11 is 1.39. The first-order valence-electron chi connectivity index (χ1n) is 7.60. The van der Waals surface area contributed by atoms with Crippen LogP contribution < -0.4 is 10.6 Å². The third-order valence-electron chi connectivity index (χ3n) is 3.70. The molecule has 1 aliphatic rings. The maximum atomic E-state index is 13.4. The van der Waals surface area contributed by atoms with Gasteiger partial charge in [-0.15, -0.1) is 11.8 Å². The molecule has 1 aliphatic heterocycles. The van der Waals surface area contributed by atoms with Crippen LogP contribution in [-0.4, -0.2) is 31.3 Å². The standard InChI is InChI=1S/C16H23FN2OS/c17-14-5-1-2-6-15(14)21-11-8-16(20)19-10-7-13-4-3-9-18-12-13/h1-2,5-6,13,18H,3-4,7-12H2,(H,19,20). The van der Waals surface area contributed by atoms with Crippen molar-refractivity contribution < 1.29 is 9.18 Å². The van der Waals surface area contributed by atoms with Gasteiger partial charge in [0.05, 0.1) is 0 Å². The van der Waals surface area contributed by atoms with E-state index in [9.17, 15) is 9.18 Å². The van der Waals surface area contributed by atoms with Gasteiger partial charge < -0.3 is 10.6 Å². The summed E-state index contributed by atoms with van der Waals surface area (Å²) in [5.74, 6) is 1.14. The zero-order valence-corrected chi connectivity index (χ0v) is 13.1. The summed E-state index contributed by atoms with van der Waals surface area (Å²) in [6.45, 7) is 2.94. The van der Waals surface area contributed by atoms with Crippen molar-refractivity contribution in [1.82, 2.24) is 10.6 Å². The van der Waals surface area contributed by atoms with Gasteiger partial charge in [-0.25, -0.2) is 4.39 Å². The predicted molar refractivity (Wildman–Crippen MR) is 85.0 cm³/mol. The fourth-order valence-corrected chi connectivity index (χ4v) is 3.38. The molecule has 116 valence electrons. The number of nitrogens with one attached hydrogen (secondary N) is 2. The van der Waals surface area contributed by atoms with E-state index in [4.69, 9.17) is 0 Å². The van der Waals surface area contributed by atoms with Gasteiger partial charge in [0.1, 0.15) is 5.82 Å². The van der Waals surface area contributed by atoms with Crippen LogP contribution in [-0.2, 0) is 4.79 Å². The van der Waals surface area contributed by atoms with Crippen LogP contribution in [0.4, 0.5) is 4.39 Å². The van der Waals surface area contributed by atoms with Crippen molar-refractivity contribution in [3.05, 3.63) is 30.1 Å². The number of hydrogen-bond acceptors (Lipinski definition) is 3. The number of halogens is 1. The number of piperidine rings is 1. The van der Waals surface area contributed by atoms with Crippen molar-refractivity contribution in [2.45, 2.75) is 30.6 Å². The Labute approximate surface area is 130 Å².